The molecule has 1 N–H and O–H groups in total. The number of benzene rings is 3. The molecule has 0 unspecified atom stereocenters. The maximum atomic E-state index is 12.6. The van der Waals surface area contributed by atoms with E-state index in [4.69, 9.17) is 14.2 Å². The van der Waals surface area contributed by atoms with Gasteiger partial charge in [0.15, 0.2) is 16.7 Å². The van der Waals surface area contributed by atoms with Crippen LogP contribution in [-0.4, -0.2) is 24.8 Å². The summed E-state index contributed by atoms with van der Waals surface area (Å²) in [6.45, 7) is 2.85. The van der Waals surface area contributed by atoms with E-state index in [-0.39, 0.29) is 5.91 Å². The predicted octanol–water partition coefficient (Wildman–Crippen LogP) is 6.93. The van der Waals surface area contributed by atoms with E-state index in [0.29, 0.717) is 34.8 Å². The lowest BCUT2D eigenvalue weighted by Gasteiger charge is -2.15. The highest BCUT2D eigenvalue weighted by atomic mass is 127. The quantitative estimate of drug-likeness (QED) is 0.209. The SMILES string of the molecule is CCOc1cc(/C=C2/SC(=Nc3ccc(OC)cc3)NC2=O)cc(I)c1OCc1ccc(Br)cc1. The Morgan fingerprint density at radius 1 is 1.09 bits per heavy atom. The average Bonchev–Trinajstić information content (AvgIpc) is 3.18. The first-order chi connectivity index (χ1) is 16.9. The van der Waals surface area contributed by atoms with Crippen molar-refractivity contribution < 1.29 is 19.0 Å². The van der Waals surface area contributed by atoms with E-state index in [1.54, 1.807) is 7.11 Å². The summed E-state index contributed by atoms with van der Waals surface area (Å²) < 4.78 is 19.1. The van der Waals surface area contributed by atoms with Crippen molar-refractivity contribution in [2.45, 2.75) is 13.5 Å². The normalized spacial score (nSPS) is 15.4. The molecule has 9 heteroatoms. The number of aliphatic imine (C=N–C) groups is 1. The van der Waals surface area contributed by atoms with E-state index in [0.717, 1.165) is 30.6 Å². The van der Waals surface area contributed by atoms with Crippen LogP contribution >= 0.6 is 50.3 Å². The minimum Gasteiger partial charge on any atom is -0.497 e. The zero-order chi connectivity index (χ0) is 24.8. The maximum absolute atomic E-state index is 12.6. The molecule has 0 aliphatic carbocycles. The molecule has 180 valence electrons. The molecule has 6 nitrogen and oxygen atoms in total. The Morgan fingerprint density at radius 2 is 1.83 bits per heavy atom. The fourth-order valence-corrected chi connectivity index (χ4v) is 5.10. The molecule has 0 aromatic heterocycles. The minimum absolute atomic E-state index is 0.189. The third-order valence-electron chi connectivity index (χ3n) is 4.88. The summed E-state index contributed by atoms with van der Waals surface area (Å²) in [7, 11) is 1.62. The van der Waals surface area contributed by atoms with E-state index in [2.05, 4.69) is 48.8 Å². The highest BCUT2D eigenvalue weighted by Crippen LogP contribution is 2.37. The molecule has 1 aliphatic heterocycles. The second kappa shape index (κ2) is 12.0. The van der Waals surface area contributed by atoms with Crippen LogP contribution in [0.15, 0.2) is 75.0 Å². The number of nitrogens with zero attached hydrogens (tertiary/aromatic N) is 1. The summed E-state index contributed by atoms with van der Waals surface area (Å²) in [5.41, 5.74) is 2.63. The van der Waals surface area contributed by atoms with Gasteiger partial charge in [0.25, 0.3) is 5.91 Å². The Labute approximate surface area is 230 Å². The van der Waals surface area contributed by atoms with Crippen molar-refractivity contribution in [1.29, 1.82) is 0 Å². The van der Waals surface area contributed by atoms with Crippen LogP contribution in [0.1, 0.15) is 18.1 Å². The number of carbonyl (C=O) groups is 1. The van der Waals surface area contributed by atoms with Crippen molar-refractivity contribution in [3.63, 3.8) is 0 Å². The van der Waals surface area contributed by atoms with Crippen LogP contribution in [0.5, 0.6) is 17.2 Å². The van der Waals surface area contributed by atoms with E-state index >= 15 is 0 Å². The van der Waals surface area contributed by atoms with Crippen molar-refractivity contribution in [2.75, 3.05) is 13.7 Å². The molecular formula is C26H22BrIN2O4S. The van der Waals surface area contributed by atoms with Crippen molar-refractivity contribution in [1.82, 2.24) is 5.32 Å². The number of ether oxygens (including phenoxy) is 3. The number of thioether (sulfide) groups is 1. The summed E-state index contributed by atoms with van der Waals surface area (Å²) in [5.74, 6) is 1.88. The van der Waals surface area contributed by atoms with E-state index in [1.807, 2.05) is 73.7 Å². The molecule has 3 aromatic carbocycles. The molecule has 0 saturated carbocycles. The molecule has 0 radical (unpaired) electrons. The summed E-state index contributed by atoms with van der Waals surface area (Å²) >= 11 is 6.98. The van der Waals surface area contributed by atoms with Gasteiger partial charge in [-0.25, -0.2) is 4.99 Å². The van der Waals surface area contributed by atoms with Crippen molar-refractivity contribution in [3.05, 3.63) is 84.7 Å². The van der Waals surface area contributed by atoms with Crippen LogP contribution in [0, 0.1) is 3.57 Å². The lowest BCUT2D eigenvalue weighted by Crippen LogP contribution is -2.19. The first kappa shape index (κ1) is 25.6. The highest BCUT2D eigenvalue weighted by molar-refractivity contribution is 14.1. The smallest absolute Gasteiger partial charge is 0.264 e. The van der Waals surface area contributed by atoms with Crippen LogP contribution in [0.3, 0.4) is 0 Å². The molecule has 1 fully saturated rings. The number of amidine groups is 1. The Balaban J connectivity index is 1.53. The third-order valence-corrected chi connectivity index (χ3v) is 7.12. The van der Waals surface area contributed by atoms with Gasteiger partial charge in [0, 0.05) is 4.47 Å². The van der Waals surface area contributed by atoms with Gasteiger partial charge in [-0.15, -0.1) is 0 Å². The largest absolute Gasteiger partial charge is 0.497 e. The number of carbonyl (C=O) groups excluding carboxylic acids is 1. The van der Waals surface area contributed by atoms with Crippen molar-refractivity contribution in [3.8, 4) is 17.2 Å². The molecule has 4 rings (SSSR count). The Bertz CT molecular complexity index is 1280. The molecule has 3 aromatic rings. The van der Waals surface area contributed by atoms with Crippen LogP contribution in [0.25, 0.3) is 6.08 Å². The number of halogens is 2. The maximum Gasteiger partial charge on any atom is 0.264 e. The van der Waals surface area contributed by atoms with Gasteiger partial charge >= 0.3 is 0 Å². The topological polar surface area (TPSA) is 69.2 Å². The van der Waals surface area contributed by atoms with Gasteiger partial charge < -0.3 is 19.5 Å². The molecule has 35 heavy (non-hydrogen) atoms. The van der Waals surface area contributed by atoms with E-state index in [9.17, 15) is 4.79 Å². The molecule has 1 heterocycles. The molecule has 0 atom stereocenters. The van der Waals surface area contributed by atoms with Crippen LogP contribution in [-0.2, 0) is 11.4 Å². The molecule has 1 amide bonds. The van der Waals surface area contributed by atoms with Crippen molar-refractivity contribution in [2.24, 2.45) is 4.99 Å². The van der Waals surface area contributed by atoms with Gasteiger partial charge in [-0.1, -0.05) is 28.1 Å². The monoisotopic (exact) mass is 664 g/mol. The van der Waals surface area contributed by atoms with Crippen LogP contribution < -0.4 is 19.5 Å². The zero-order valence-corrected chi connectivity index (χ0v) is 23.6. The Kier molecular flexibility index (Phi) is 8.74. The second-order valence-corrected chi connectivity index (χ2v) is 10.5. The van der Waals surface area contributed by atoms with Crippen molar-refractivity contribution >= 4 is 73.1 Å². The van der Waals surface area contributed by atoms with Crippen LogP contribution in [0.4, 0.5) is 5.69 Å². The molecule has 1 aliphatic rings. The number of nitrogens with one attached hydrogen (secondary N) is 1. The number of rotatable bonds is 8. The number of amides is 1. The van der Waals surface area contributed by atoms with Gasteiger partial charge in [0.05, 0.1) is 27.9 Å². The third kappa shape index (κ3) is 6.80. The molecular weight excluding hydrogens is 643 g/mol. The lowest BCUT2D eigenvalue weighted by molar-refractivity contribution is -0.115. The molecule has 1 saturated heterocycles. The second-order valence-electron chi connectivity index (χ2n) is 7.36. The molecule has 0 bridgehead atoms. The number of methoxy groups -OCH3 is 1. The summed E-state index contributed by atoms with van der Waals surface area (Å²) in [4.78, 5) is 17.6. The first-order valence-corrected chi connectivity index (χ1v) is 13.4. The Hall–Kier alpha value is -2.50. The summed E-state index contributed by atoms with van der Waals surface area (Å²) in [6, 6.07) is 19.2. The van der Waals surface area contributed by atoms with Gasteiger partial charge in [0.2, 0.25) is 0 Å². The van der Waals surface area contributed by atoms with Crippen LogP contribution in [0.2, 0.25) is 0 Å². The lowest BCUT2D eigenvalue weighted by atomic mass is 10.2. The van der Waals surface area contributed by atoms with Gasteiger partial charge in [-0.05, 0) is 107 Å². The number of hydrogen-bond donors (Lipinski definition) is 1. The fraction of sp³-hybridized carbons (Fsp3) is 0.154. The van der Waals surface area contributed by atoms with Gasteiger partial charge in [-0.3, -0.25) is 4.79 Å². The van der Waals surface area contributed by atoms with E-state index in [1.165, 1.54) is 11.8 Å². The van der Waals surface area contributed by atoms with Gasteiger partial charge in [0.1, 0.15) is 12.4 Å². The summed E-state index contributed by atoms with van der Waals surface area (Å²) in [5, 5.41) is 3.35. The molecule has 0 spiro atoms. The Morgan fingerprint density at radius 3 is 2.51 bits per heavy atom. The number of hydrogen-bond acceptors (Lipinski definition) is 6. The standard InChI is InChI=1S/C26H22BrIN2O4S/c1-3-33-22-13-17(12-21(28)24(22)34-15-16-4-6-18(27)7-5-16)14-23-25(31)30-26(35-23)29-19-8-10-20(32-2)11-9-19/h4-14H,3,15H2,1-2H3,(H,29,30,31)/b23-14+. The first-order valence-electron chi connectivity index (χ1n) is 10.7. The zero-order valence-electron chi connectivity index (χ0n) is 19.0. The fourth-order valence-electron chi connectivity index (χ4n) is 3.22. The highest BCUT2D eigenvalue weighted by Gasteiger charge is 2.24. The average molecular weight is 665 g/mol. The van der Waals surface area contributed by atoms with E-state index < -0.39 is 0 Å². The summed E-state index contributed by atoms with van der Waals surface area (Å²) in [6.07, 6.45) is 1.83. The minimum atomic E-state index is -0.189. The predicted molar refractivity (Wildman–Crippen MR) is 153 cm³/mol. The van der Waals surface area contributed by atoms with Gasteiger partial charge in [-0.2, -0.15) is 0 Å².